The number of ether oxygens (including phenoxy) is 1. The second kappa shape index (κ2) is 5.63. The smallest absolute Gasteiger partial charge is 0.228 e. The first-order chi connectivity index (χ1) is 14.4. The summed E-state index contributed by atoms with van der Waals surface area (Å²) in [7, 11) is 2.10. The molecule has 148 valence electrons. The first-order valence-electron chi connectivity index (χ1n) is 10.5. The van der Waals surface area contributed by atoms with Crippen molar-refractivity contribution in [3.63, 3.8) is 0 Å². The molecule has 0 aromatic heterocycles. The van der Waals surface area contributed by atoms with Gasteiger partial charge in [0.15, 0.2) is 0 Å². The van der Waals surface area contributed by atoms with Crippen molar-refractivity contribution < 1.29 is 4.74 Å². The van der Waals surface area contributed by atoms with Gasteiger partial charge >= 0.3 is 0 Å². The van der Waals surface area contributed by atoms with Crippen molar-refractivity contribution in [3.8, 4) is 5.75 Å². The molecule has 0 aliphatic carbocycles. The molecule has 2 aliphatic heterocycles. The zero-order valence-corrected chi connectivity index (χ0v) is 17.7. The summed E-state index contributed by atoms with van der Waals surface area (Å²) in [5, 5.41) is 4.91. The molecule has 0 N–H and O–H groups in total. The van der Waals surface area contributed by atoms with E-state index in [0.29, 0.717) is 0 Å². The lowest BCUT2D eigenvalue weighted by molar-refractivity contribution is 0.0826. The van der Waals surface area contributed by atoms with E-state index < -0.39 is 5.72 Å². The number of anilines is 1. The summed E-state index contributed by atoms with van der Waals surface area (Å²) in [6, 6.07) is 23.6. The molecule has 4 aromatic rings. The lowest BCUT2D eigenvalue weighted by Crippen LogP contribution is -2.61. The van der Waals surface area contributed by atoms with Crippen LogP contribution in [-0.4, -0.2) is 19.0 Å². The molecule has 0 saturated carbocycles. The molecule has 2 heterocycles. The molecular formula is C27H24N2O. The Morgan fingerprint density at radius 1 is 0.900 bits per heavy atom. The highest BCUT2D eigenvalue weighted by Crippen LogP contribution is 2.54. The number of aryl methyl sites for hydroxylation is 1. The summed E-state index contributed by atoms with van der Waals surface area (Å²) < 4.78 is 6.87. The van der Waals surface area contributed by atoms with Crippen LogP contribution in [0.1, 0.15) is 25.0 Å². The Labute approximate surface area is 176 Å². The van der Waals surface area contributed by atoms with E-state index in [4.69, 9.17) is 9.73 Å². The highest BCUT2D eigenvalue weighted by atomic mass is 16.5. The Morgan fingerprint density at radius 3 is 2.50 bits per heavy atom. The van der Waals surface area contributed by atoms with E-state index in [1.807, 2.05) is 6.21 Å². The van der Waals surface area contributed by atoms with Crippen molar-refractivity contribution in [1.29, 1.82) is 0 Å². The zero-order valence-electron chi connectivity index (χ0n) is 17.7. The van der Waals surface area contributed by atoms with Crippen LogP contribution in [0.3, 0.4) is 0 Å². The minimum absolute atomic E-state index is 0.244. The minimum Gasteiger partial charge on any atom is -0.459 e. The van der Waals surface area contributed by atoms with Gasteiger partial charge in [-0.25, -0.2) is 0 Å². The average molecular weight is 393 g/mol. The fourth-order valence-corrected chi connectivity index (χ4v) is 5.45. The third-order valence-electron chi connectivity index (χ3n) is 7.13. The van der Waals surface area contributed by atoms with Gasteiger partial charge in [0.25, 0.3) is 0 Å². The highest BCUT2D eigenvalue weighted by molar-refractivity contribution is 6.14. The fourth-order valence-electron chi connectivity index (χ4n) is 5.45. The number of nitrogens with zero attached hydrogens (tertiary/aromatic N) is 2. The fraction of sp³-hybridized carbons (Fsp3) is 0.222. The number of rotatable bonds is 0. The summed E-state index contributed by atoms with van der Waals surface area (Å²) in [5.74, 6) is 0.852. The molecule has 0 radical (unpaired) electrons. The largest absolute Gasteiger partial charge is 0.459 e. The van der Waals surface area contributed by atoms with E-state index in [9.17, 15) is 0 Å². The Balaban J connectivity index is 1.60. The lowest BCUT2D eigenvalue weighted by Gasteiger charge is -2.45. The van der Waals surface area contributed by atoms with Crippen LogP contribution in [0.2, 0.25) is 0 Å². The number of likely N-dealkylation sites (N-methyl/N-ethyl adjacent to an activating group) is 1. The van der Waals surface area contributed by atoms with Crippen molar-refractivity contribution in [3.05, 3.63) is 77.9 Å². The van der Waals surface area contributed by atoms with Crippen LogP contribution in [0, 0.1) is 6.92 Å². The highest BCUT2D eigenvalue weighted by Gasteiger charge is 2.58. The molecule has 1 atom stereocenters. The molecule has 1 spiro atoms. The Kier molecular flexibility index (Phi) is 3.29. The van der Waals surface area contributed by atoms with Crippen LogP contribution in [0.25, 0.3) is 21.5 Å². The molecule has 0 saturated heterocycles. The summed E-state index contributed by atoms with van der Waals surface area (Å²) >= 11 is 0. The van der Waals surface area contributed by atoms with Gasteiger partial charge in [0.05, 0.1) is 11.6 Å². The molecule has 0 bridgehead atoms. The normalized spacial score (nSPS) is 21.1. The van der Waals surface area contributed by atoms with Crippen LogP contribution < -0.4 is 9.64 Å². The van der Waals surface area contributed by atoms with Crippen LogP contribution in [0.4, 0.5) is 11.4 Å². The summed E-state index contributed by atoms with van der Waals surface area (Å²) in [4.78, 5) is 7.27. The molecule has 0 amide bonds. The van der Waals surface area contributed by atoms with Gasteiger partial charge in [-0.3, -0.25) is 4.99 Å². The standard InChI is InChI=1S/C27H24N2O/c1-17-15-23-25(20-14-13-18-9-5-6-10-19(18)24(17)20)28-16-27(30-23)26(2,3)21-11-7-8-12-22(21)29(27)4/h5-16H,1-4H3. The first-order valence-corrected chi connectivity index (χ1v) is 10.5. The topological polar surface area (TPSA) is 24.8 Å². The Bertz CT molecular complexity index is 1380. The third kappa shape index (κ3) is 1.97. The molecule has 3 heteroatoms. The molecule has 3 nitrogen and oxygen atoms in total. The van der Waals surface area contributed by atoms with E-state index in [1.165, 1.54) is 33.0 Å². The van der Waals surface area contributed by atoms with Crippen LogP contribution in [0.15, 0.2) is 71.7 Å². The lowest BCUT2D eigenvalue weighted by atomic mass is 9.77. The third-order valence-corrected chi connectivity index (χ3v) is 7.13. The van der Waals surface area contributed by atoms with Crippen molar-refractivity contribution in [2.24, 2.45) is 4.99 Å². The quantitative estimate of drug-likeness (QED) is 0.318. The van der Waals surface area contributed by atoms with Gasteiger partial charge in [-0.2, -0.15) is 0 Å². The second-order valence-electron chi connectivity index (χ2n) is 9.01. The SMILES string of the molecule is Cc1cc2c(c3ccc4ccccc4c13)N=CC1(O2)N(C)c2ccccc2C1(C)C. The monoisotopic (exact) mass is 392 g/mol. The van der Waals surface area contributed by atoms with E-state index in [1.54, 1.807) is 0 Å². The van der Waals surface area contributed by atoms with Crippen molar-refractivity contribution in [2.45, 2.75) is 31.9 Å². The van der Waals surface area contributed by atoms with Gasteiger partial charge < -0.3 is 9.64 Å². The van der Waals surface area contributed by atoms with Crippen molar-refractivity contribution in [2.75, 3.05) is 11.9 Å². The number of para-hydroxylation sites is 1. The van der Waals surface area contributed by atoms with E-state index in [2.05, 4.69) is 99.4 Å². The molecule has 0 fully saturated rings. The predicted molar refractivity (Wildman–Crippen MR) is 126 cm³/mol. The molecule has 6 rings (SSSR count). The number of hydrogen-bond donors (Lipinski definition) is 0. The van der Waals surface area contributed by atoms with E-state index >= 15 is 0 Å². The second-order valence-corrected chi connectivity index (χ2v) is 9.01. The van der Waals surface area contributed by atoms with Gasteiger partial charge in [0, 0.05) is 18.1 Å². The first kappa shape index (κ1) is 17.5. The molecular weight excluding hydrogens is 368 g/mol. The van der Waals surface area contributed by atoms with Crippen LogP contribution in [0.5, 0.6) is 5.75 Å². The predicted octanol–water partition coefficient (Wildman–Crippen LogP) is 6.52. The summed E-state index contributed by atoms with van der Waals surface area (Å²) in [6.45, 7) is 6.66. The van der Waals surface area contributed by atoms with E-state index in [0.717, 1.165) is 16.8 Å². The molecule has 30 heavy (non-hydrogen) atoms. The molecule has 1 unspecified atom stereocenters. The summed E-state index contributed by atoms with van der Waals surface area (Å²) in [6.07, 6.45) is 2.01. The zero-order chi connectivity index (χ0) is 20.7. The Morgan fingerprint density at radius 2 is 1.67 bits per heavy atom. The van der Waals surface area contributed by atoms with Gasteiger partial charge in [0.2, 0.25) is 5.72 Å². The van der Waals surface area contributed by atoms with Crippen LogP contribution in [-0.2, 0) is 5.41 Å². The number of fused-ring (bicyclic) bond motifs is 6. The van der Waals surface area contributed by atoms with Gasteiger partial charge in [-0.1, -0.05) is 54.6 Å². The van der Waals surface area contributed by atoms with E-state index in [-0.39, 0.29) is 5.41 Å². The summed E-state index contributed by atoms with van der Waals surface area (Å²) in [5.41, 5.74) is 3.72. The average Bonchev–Trinajstić information content (AvgIpc) is 2.92. The maximum absolute atomic E-state index is 6.87. The number of benzene rings is 4. The van der Waals surface area contributed by atoms with Gasteiger partial charge in [0.1, 0.15) is 11.4 Å². The molecule has 2 aliphatic rings. The Hall–Kier alpha value is -3.33. The number of hydrogen-bond acceptors (Lipinski definition) is 3. The van der Waals surface area contributed by atoms with Crippen LogP contribution >= 0.6 is 0 Å². The van der Waals surface area contributed by atoms with Crippen molar-refractivity contribution >= 4 is 39.1 Å². The maximum atomic E-state index is 6.87. The van der Waals surface area contributed by atoms with Gasteiger partial charge in [-0.15, -0.1) is 0 Å². The molecule has 4 aromatic carbocycles. The minimum atomic E-state index is -0.652. The van der Waals surface area contributed by atoms with Gasteiger partial charge in [-0.05, 0) is 60.2 Å². The van der Waals surface area contributed by atoms with Crippen molar-refractivity contribution in [1.82, 2.24) is 0 Å². The number of aliphatic imine (C=N–C) groups is 1. The maximum Gasteiger partial charge on any atom is 0.228 e.